The van der Waals surface area contributed by atoms with E-state index < -0.39 is 139 Å². The van der Waals surface area contributed by atoms with E-state index in [1.54, 1.807) is 0 Å². The number of sulfone groups is 2. The molecule has 4 rings (SSSR count). The first kappa shape index (κ1) is 86.1. The number of hydrogen-bond donors (Lipinski definition) is 6. The van der Waals surface area contributed by atoms with Crippen LogP contribution < -0.4 is 50.8 Å². The molecule has 0 aliphatic carbocycles. The predicted octanol–water partition coefficient (Wildman–Crippen LogP) is 13.1. The molecule has 0 aliphatic rings. The number of amides is 6. The predicted molar refractivity (Wildman–Crippen MR) is 353 cm³/mol. The van der Waals surface area contributed by atoms with Crippen LogP contribution in [0.15, 0.2) is 117 Å². The van der Waals surface area contributed by atoms with Crippen LogP contribution in [0.1, 0.15) is 85.0 Å². The third-order valence-corrected chi connectivity index (χ3v) is 17.7. The first-order chi connectivity index (χ1) is 47.0. The van der Waals surface area contributed by atoms with Crippen molar-refractivity contribution in [2.75, 3.05) is 52.6 Å². The summed E-state index contributed by atoms with van der Waals surface area (Å²) in [6.07, 6.45) is -16.6. The van der Waals surface area contributed by atoms with Gasteiger partial charge in [-0.1, -0.05) is 90.4 Å². The third-order valence-electron chi connectivity index (χ3n) is 13.5. The number of unbranched alkanes of at least 4 members (excludes halogenated alkanes) is 2. The summed E-state index contributed by atoms with van der Waals surface area (Å²) < 4.78 is 164. The smallest absolute Gasteiger partial charge is 0.413 e. The highest BCUT2D eigenvalue weighted by atomic mass is 35.6. The van der Waals surface area contributed by atoms with Gasteiger partial charge in [0.1, 0.15) is 61.5 Å². The van der Waals surface area contributed by atoms with Gasteiger partial charge in [0.2, 0.25) is 27.3 Å². The molecular weight excluding hydrogens is 1530 g/mol. The number of ether oxygens (including phenoxy) is 8. The Kier molecular flexibility index (Phi) is 34.0. The van der Waals surface area contributed by atoms with E-state index in [9.17, 15) is 81.5 Å². The van der Waals surface area contributed by atoms with Crippen molar-refractivity contribution < 1.29 is 119 Å². The van der Waals surface area contributed by atoms with Gasteiger partial charge in [-0.05, 0) is 160 Å². The van der Waals surface area contributed by atoms with Crippen LogP contribution in [0.2, 0.25) is 0 Å². The van der Waals surface area contributed by atoms with Crippen LogP contribution >= 0.6 is 69.6 Å². The van der Waals surface area contributed by atoms with E-state index in [4.69, 9.17) is 98.0 Å². The Morgan fingerprint density at radius 3 is 1.09 bits per heavy atom. The standard InChI is InChI=1S/C61H70Cl6F6N6O20S2/c1-38(35-77-54(85)98-41-14-22-45(23-15-41)100(88,89)43-18-10-39(11-19-43)96-52(83)75-30-7-5-8-47(49(80)94-36-58(62,63)64)78-55(86)93-33-28-61(71,72)73)34-57(2,3)26-31-76-53(84)97-40-12-20-44(21-13-40)101(90,91)46-24-16-42(17-25-46)99-56(87)79-48(50(81)95-37-59(65,66)67)9-4-6-29-74-51(82)92-32-27-60(68,69)70/h10-25,38,47-48H,4-9,26-37H2,1-3H3,(H,74,82)(H,75,83)(H,76,84)(H,77,85)(H,78,86)(H,79,87). The van der Waals surface area contributed by atoms with E-state index in [2.05, 4.69) is 41.4 Å². The van der Waals surface area contributed by atoms with Crippen molar-refractivity contribution in [2.24, 2.45) is 11.3 Å². The second-order valence-electron chi connectivity index (χ2n) is 22.7. The van der Waals surface area contributed by atoms with E-state index in [0.717, 1.165) is 24.3 Å². The van der Waals surface area contributed by atoms with Gasteiger partial charge in [0.15, 0.2) is 0 Å². The highest BCUT2D eigenvalue weighted by molar-refractivity contribution is 7.91. The van der Waals surface area contributed by atoms with Gasteiger partial charge in [-0.15, -0.1) is 0 Å². The fourth-order valence-corrected chi connectivity index (χ4v) is 11.5. The van der Waals surface area contributed by atoms with Gasteiger partial charge in [-0.3, -0.25) is 0 Å². The average Bonchev–Trinajstić information content (AvgIpc) is 0.808. The van der Waals surface area contributed by atoms with Crippen LogP contribution in [0.25, 0.3) is 0 Å². The molecule has 26 nitrogen and oxygen atoms in total. The van der Waals surface area contributed by atoms with E-state index in [1.165, 1.54) is 72.8 Å². The van der Waals surface area contributed by atoms with E-state index in [-0.39, 0.29) is 119 Å². The number of hydrogen-bond acceptors (Lipinski definition) is 20. The largest absolute Gasteiger partial charge is 0.460 e. The zero-order valence-electron chi connectivity index (χ0n) is 53.7. The maximum absolute atomic E-state index is 13.5. The monoisotopic (exact) mass is 1590 g/mol. The summed E-state index contributed by atoms with van der Waals surface area (Å²) in [4.78, 5) is 99.2. The molecule has 101 heavy (non-hydrogen) atoms. The number of benzene rings is 4. The maximum atomic E-state index is 13.5. The lowest BCUT2D eigenvalue weighted by Crippen LogP contribution is -2.44. The highest BCUT2D eigenvalue weighted by Gasteiger charge is 2.33. The molecule has 0 saturated carbocycles. The SMILES string of the molecule is CC(CNC(=O)Oc1ccc(S(=O)(=O)c2ccc(OC(=O)NCCCCC(NC(=O)OCCC(F)(F)F)C(=O)OCC(Cl)(Cl)Cl)cc2)cc1)CC(C)(C)CCNC(=O)Oc1ccc(S(=O)(=O)c2ccc(OC(=O)NC(CCCCNC(=O)OCCC(F)(F)F)C(=O)OCC(Cl)(Cl)Cl)cc2)cc1. The zero-order chi connectivity index (χ0) is 75.4. The van der Waals surface area contributed by atoms with Crippen molar-refractivity contribution in [2.45, 2.75) is 137 Å². The molecule has 6 N–H and O–H groups in total. The highest BCUT2D eigenvalue weighted by Crippen LogP contribution is 2.32. The van der Waals surface area contributed by atoms with Crippen molar-refractivity contribution in [1.82, 2.24) is 31.9 Å². The molecule has 0 fully saturated rings. The van der Waals surface area contributed by atoms with Crippen molar-refractivity contribution in [3.8, 4) is 23.0 Å². The lowest BCUT2D eigenvalue weighted by Gasteiger charge is -2.28. The molecule has 0 saturated heterocycles. The minimum Gasteiger partial charge on any atom is -0.460 e. The van der Waals surface area contributed by atoms with Crippen LogP contribution in [0.3, 0.4) is 0 Å². The molecule has 0 heterocycles. The molecule has 0 bridgehead atoms. The Morgan fingerprint density at radius 2 is 0.733 bits per heavy atom. The number of carbonyl (C=O) groups is 8. The molecule has 6 amide bonds. The zero-order valence-corrected chi connectivity index (χ0v) is 59.9. The van der Waals surface area contributed by atoms with E-state index >= 15 is 0 Å². The van der Waals surface area contributed by atoms with Crippen LogP contribution in [-0.4, -0.2) is 150 Å². The summed E-state index contributed by atoms with van der Waals surface area (Å²) >= 11 is 33.8. The van der Waals surface area contributed by atoms with E-state index in [0.29, 0.717) is 12.8 Å². The number of esters is 2. The Morgan fingerprint density at radius 1 is 0.416 bits per heavy atom. The van der Waals surface area contributed by atoms with Gasteiger partial charge < -0.3 is 69.8 Å². The van der Waals surface area contributed by atoms with Crippen LogP contribution in [0.4, 0.5) is 55.1 Å². The molecule has 3 unspecified atom stereocenters. The second kappa shape index (κ2) is 39.9. The average molecular weight is 1600 g/mol. The molecule has 0 aromatic heterocycles. The molecule has 4 aromatic carbocycles. The molecular formula is C61H70Cl6F6N6O20S2. The third kappa shape index (κ3) is 34.9. The van der Waals surface area contributed by atoms with Crippen LogP contribution in [0, 0.1) is 11.3 Å². The topological polar surface area (TPSA) is 351 Å². The fourth-order valence-electron chi connectivity index (χ4n) is 8.69. The Balaban J connectivity index is 1.15. The minimum absolute atomic E-state index is 0.0150. The van der Waals surface area contributed by atoms with Gasteiger partial charge in [0.25, 0.3) is 0 Å². The fraction of sp³-hybridized carbons (Fsp3) is 0.475. The maximum Gasteiger partial charge on any atom is 0.413 e. The summed E-state index contributed by atoms with van der Waals surface area (Å²) in [6, 6.07) is 16.6. The number of alkyl halides is 12. The van der Waals surface area contributed by atoms with E-state index in [1.807, 2.05) is 20.8 Å². The van der Waals surface area contributed by atoms with Gasteiger partial charge in [-0.2, -0.15) is 26.3 Å². The Labute approximate surface area is 606 Å². The van der Waals surface area contributed by atoms with Gasteiger partial charge in [-0.25, -0.2) is 55.2 Å². The summed E-state index contributed by atoms with van der Waals surface area (Å²) in [6.45, 7) is 2.78. The molecule has 0 spiro atoms. The van der Waals surface area contributed by atoms with Crippen LogP contribution in [-0.2, 0) is 48.2 Å². The van der Waals surface area contributed by atoms with Crippen molar-refractivity contribution in [3.63, 3.8) is 0 Å². The Hall–Kier alpha value is -7.34. The first-order valence-electron chi connectivity index (χ1n) is 30.2. The number of rotatable bonds is 35. The Bertz CT molecular complexity index is 3640. The number of nitrogens with one attached hydrogen (secondary N) is 6. The molecule has 40 heteroatoms. The molecule has 560 valence electrons. The minimum atomic E-state index is -4.60. The molecule has 3 atom stereocenters. The van der Waals surface area contributed by atoms with Crippen LogP contribution in [0.5, 0.6) is 23.0 Å². The van der Waals surface area contributed by atoms with Gasteiger partial charge in [0.05, 0.1) is 32.4 Å². The van der Waals surface area contributed by atoms with Gasteiger partial charge >= 0.3 is 60.9 Å². The lowest BCUT2D eigenvalue weighted by molar-refractivity contribution is -0.147. The summed E-state index contributed by atoms with van der Waals surface area (Å²) in [5.41, 5.74) is -0.368. The normalized spacial score (nSPS) is 13.0. The van der Waals surface area contributed by atoms with Gasteiger partial charge in [0, 0.05) is 26.2 Å². The second-order valence-corrected chi connectivity index (χ2v) is 31.6. The van der Waals surface area contributed by atoms with Crippen molar-refractivity contribution >= 4 is 138 Å². The summed E-state index contributed by atoms with van der Waals surface area (Å²) in [5, 5.41) is 14.4. The number of halogens is 12. The number of alkyl carbamates (subject to hydrolysis) is 2. The molecule has 4 aromatic rings. The molecule has 0 aliphatic heterocycles. The van der Waals surface area contributed by atoms with Crippen molar-refractivity contribution in [3.05, 3.63) is 97.1 Å². The molecule has 0 radical (unpaired) electrons. The summed E-state index contributed by atoms with van der Waals surface area (Å²) in [5.74, 6) is -2.33. The van der Waals surface area contributed by atoms with Crippen molar-refractivity contribution in [1.29, 1.82) is 0 Å². The summed E-state index contributed by atoms with van der Waals surface area (Å²) in [7, 11) is -8.29. The quantitative estimate of drug-likeness (QED) is 0.00819. The lowest BCUT2D eigenvalue weighted by atomic mass is 9.80. The number of carbonyl (C=O) groups excluding carboxylic acids is 8. The first-order valence-corrected chi connectivity index (χ1v) is 35.4.